The molecule has 0 saturated carbocycles. The molecular formula is C16H18N2O2S. The van der Waals surface area contributed by atoms with E-state index in [2.05, 4.69) is 4.98 Å². The summed E-state index contributed by atoms with van der Waals surface area (Å²) in [6, 6.07) is 7.81. The van der Waals surface area contributed by atoms with Gasteiger partial charge in [-0.15, -0.1) is 0 Å². The molecule has 0 amide bonds. The molecule has 0 unspecified atom stereocenters. The molecule has 0 radical (unpaired) electrons. The second-order valence-corrected chi connectivity index (χ2v) is 5.73. The summed E-state index contributed by atoms with van der Waals surface area (Å²) in [7, 11) is 1.65. The minimum Gasteiger partial charge on any atom is -0.497 e. The zero-order chi connectivity index (χ0) is 14.8. The van der Waals surface area contributed by atoms with Crippen LogP contribution in [-0.4, -0.2) is 16.7 Å². The van der Waals surface area contributed by atoms with E-state index in [-0.39, 0.29) is 5.69 Å². The molecular weight excluding hydrogens is 284 g/mol. The Hall–Kier alpha value is -1.88. The van der Waals surface area contributed by atoms with Crippen LogP contribution in [0.15, 0.2) is 29.1 Å². The van der Waals surface area contributed by atoms with Crippen LogP contribution < -0.4 is 10.4 Å². The van der Waals surface area contributed by atoms with Crippen molar-refractivity contribution in [1.29, 1.82) is 0 Å². The highest BCUT2D eigenvalue weighted by Gasteiger charge is 2.16. The summed E-state index contributed by atoms with van der Waals surface area (Å²) in [6.45, 7) is 0.567. The Morgan fingerprint density at radius 1 is 1.24 bits per heavy atom. The monoisotopic (exact) mass is 302 g/mol. The first-order chi connectivity index (χ1) is 10.2. The van der Waals surface area contributed by atoms with Gasteiger partial charge in [-0.1, -0.05) is 24.4 Å². The Morgan fingerprint density at radius 2 is 1.95 bits per heavy atom. The van der Waals surface area contributed by atoms with Gasteiger partial charge in [0.1, 0.15) is 10.4 Å². The average molecular weight is 302 g/mol. The van der Waals surface area contributed by atoms with E-state index in [0.29, 0.717) is 11.2 Å². The number of ether oxygens (including phenoxy) is 1. The number of hydrogen-bond acceptors (Lipinski definition) is 3. The van der Waals surface area contributed by atoms with E-state index in [4.69, 9.17) is 17.0 Å². The molecule has 1 aliphatic rings. The van der Waals surface area contributed by atoms with Crippen LogP contribution >= 0.6 is 12.2 Å². The second-order valence-electron chi connectivity index (χ2n) is 5.33. The molecule has 5 heteroatoms. The van der Waals surface area contributed by atoms with Gasteiger partial charge in [0, 0.05) is 11.3 Å². The Kier molecular flexibility index (Phi) is 3.92. The predicted molar refractivity (Wildman–Crippen MR) is 84.6 cm³/mol. The Balaban J connectivity index is 2.01. The summed E-state index contributed by atoms with van der Waals surface area (Å²) in [6.07, 6.45) is 4.16. The number of rotatable bonds is 3. The maximum Gasteiger partial charge on any atom is 0.327 e. The summed E-state index contributed by atoms with van der Waals surface area (Å²) in [5, 5.41) is 0. The van der Waals surface area contributed by atoms with Crippen molar-refractivity contribution in [2.24, 2.45) is 0 Å². The molecule has 1 N–H and O–H groups in total. The number of fused-ring (bicyclic) bond motifs is 1. The average Bonchev–Trinajstić information content (AvgIpc) is 2.52. The predicted octanol–water partition coefficient (Wildman–Crippen LogP) is 2.84. The van der Waals surface area contributed by atoms with E-state index in [1.165, 1.54) is 0 Å². The lowest BCUT2D eigenvalue weighted by atomic mass is 9.97. The molecule has 21 heavy (non-hydrogen) atoms. The van der Waals surface area contributed by atoms with E-state index in [0.717, 1.165) is 48.3 Å². The van der Waals surface area contributed by atoms with Crippen LogP contribution in [0.1, 0.15) is 29.7 Å². The van der Waals surface area contributed by atoms with Crippen LogP contribution in [0, 0.1) is 4.64 Å². The third kappa shape index (κ3) is 2.78. The smallest absolute Gasteiger partial charge is 0.327 e. The fraction of sp³-hybridized carbons (Fsp3) is 0.375. The van der Waals surface area contributed by atoms with Crippen LogP contribution in [0.5, 0.6) is 5.75 Å². The molecule has 0 saturated heterocycles. The van der Waals surface area contributed by atoms with Gasteiger partial charge in [0.25, 0.3) is 0 Å². The van der Waals surface area contributed by atoms with Crippen molar-refractivity contribution < 1.29 is 4.74 Å². The van der Waals surface area contributed by atoms with Gasteiger partial charge in [0.05, 0.1) is 13.7 Å². The number of H-pyrrole nitrogens is 1. The number of aromatic amines is 1. The SMILES string of the molecule is COc1ccc(Cn2c3c(c(=S)[nH]c2=O)CCCC3)cc1. The molecule has 1 heterocycles. The molecule has 0 atom stereocenters. The number of aromatic nitrogens is 2. The summed E-state index contributed by atoms with van der Waals surface area (Å²) in [4.78, 5) is 15.1. The number of nitrogens with zero attached hydrogens (tertiary/aromatic N) is 1. The van der Waals surface area contributed by atoms with Gasteiger partial charge in [-0.25, -0.2) is 4.79 Å². The maximum atomic E-state index is 12.3. The van der Waals surface area contributed by atoms with Gasteiger partial charge in [0.2, 0.25) is 0 Å². The first-order valence-corrected chi connectivity index (χ1v) is 7.57. The number of nitrogens with one attached hydrogen (secondary N) is 1. The van der Waals surface area contributed by atoms with Crippen molar-refractivity contribution in [3.63, 3.8) is 0 Å². The van der Waals surface area contributed by atoms with Crippen molar-refractivity contribution in [3.05, 3.63) is 56.2 Å². The minimum absolute atomic E-state index is 0.114. The lowest BCUT2D eigenvalue weighted by molar-refractivity contribution is 0.414. The molecule has 1 aromatic carbocycles. The van der Waals surface area contributed by atoms with Crippen LogP contribution in [0.2, 0.25) is 0 Å². The molecule has 110 valence electrons. The van der Waals surface area contributed by atoms with E-state index in [9.17, 15) is 4.79 Å². The van der Waals surface area contributed by atoms with Crippen molar-refractivity contribution in [3.8, 4) is 5.75 Å². The van der Waals surface area contributed by atoms with Crippen LogP contribution in [0.25, 0.3) is 0 Å². The van der Waals surface area contributed by atoms with Crippen molar-refractivity contribution >= 4 is 12.2 Å². The van der Waals surface area contributed by atoms with E-state index in [1.54, 1.807) is 7.11 Å². The van der Waals surface area contributed by atoms with Gasteiger partial charge in [-0.05, 0) is 43.4 Å². The molecule has 1 aliphatic carbocycles. The minimum atomic E-state index is -0.114. The molecule has 0 aliphatic heterocycles. The summed E-state index contributed by atoms with van der Waals surface area (Å²) < 4.78 is 7.60. The Labute approximate surface area is 128 Å². The quantitative estimate of drug-likeness (QED) is 0.887. The fourth-order valence-electron chi connectivity index (χ4n) is 2.88. The van der Waals surface area contributed by atoms with Crippen LogP contribution in [0.3, 0.4) is 0 Å². The topological polar surface area (TPSA) is 47.0 Å². The molecule has 0 spiro atoms. The van der Waals surface area contributed by atoms with Crippen molar-refractivity contribution in [2.75, 3.05) is 7.11 Å². The lowest BCUT2D eigenvalue weighted by Gasteiger charge is -2.20. The third-order valence-corrected chi connectivity index (χ3v) is 4.35. The summed E-state index contributed by atoms with van der Waals surface area (Å²) in [5.74, 6) is 0.820. The largest absolute Gasteiger partial charge is 0.497 e. The summed E-state index contributed by atoms with van der Waals surface area (Å²) >= 11 is 5.30. The van der Waals surface area contributed by atoms with Gasteiger partial charge in [0.15, 0.2) is 0 Å². The second kappa shape index (κ2) is 5.85. The first-order valence-electron chi connectivity index (χ1n) is 7.17. The number of methoxy groups -OCH3 is 1. The Bertz CT molecular complexity index is 759. The fourth-order valence-corrected chi connectivity index (χ4v) is 3.18. The zero-order valence-electron chi connectivity index (χ0n) is 12.0. The molecule has 1 aromatic heterocycles. The molecule has 4 nitrogen and oxygen atoms in total. The molecule has 0 fully saturated rings. The van der Waals surface area contributed by atoms with E-state index >= 15 is 0 Å². The number of benzene rings is 1. The first kappa shape index (κ1) is 14.1. The molecule has 3 rings (SSSR count). The number of hydrogen-bond donors (Lipinski definition) is 1. The van der Waals surface area contributed by atoms with Gasteiger partial charge in [-0.2, -0.15) is 0 Å². The van der Waals surface area contributed by atoms with Crippen LogP contribution in [-0.2, 0) is 19.4 Å². The summed E-state index contributed by atoms with van der Waals surface area (Å²) in [5.41, 5.74) is 3.21. The van der Waals surface area contributed by atoms with Gasteiger partial charge < -0.3 is 4.74 Å². The molecule has 2 aromatic rings. The molecule has 0 bridgehead atoms. The highest BCUT2D eigenvalue weighted by atomic mass is 32.1. The van der Waals surface area contributed by atoms with Crippen molar-refractivity contribution in [2.45, 2.75) is 32.2 Å². The van der Waals surface area contributed by atoms with E-state index < -0.39 is 0 Å². The Morgan fingerprint density at radius 3 is 2.67 bits per heavy atom. The zero-order valence-corrected chi connectivity index (χ0v) is 12.8. The van der Waals surface area contributed by atoms with Gasteiger partial charge in [-0.3, -0.25) is 9.55 Å². The highest BCUT2D eigenvalue weighted by molar-refractivity contribution is 7.71. The standard InChI is InChI=1S/C16H18N2O2S/c1-20-12-8-6-11(7-9-12)10-18-14-5-3-2-4-13(14)15(21)17-16(18)19/h6-9H,2-5,10H2,1H3,(H,17,19,21). The maximum absolute atomic E-state index is 12.3. The van der Waals surface area contributed by atoms with Crippen molar-refractivity contribution in [1.82, 2.24) is 9.55 Å². The van der Waals surface area contributed by atoms with Gasteiger partial charge >= 0.3 is 5.69 Å². The van der Waals surface area contributed by atoms with Crippen LogP contribution in [0.4, 0.5) is 0 Å². The third-order valence-electron chi connectivity index (χ3n) is 4.00. The lowest BCUT2D eigenvalue weighted by Crippen LogP contribution is -2.30. The normalized spacial score (nSPS) is 13.8. The highest BCUT2D eigenvalue weighted by Crippen LogP contribution is 2.21. The van der Waals surface area contributed by atoms with E-state index in [1.807, 2.05) is 28.8 Å².